The van der Waals surface area contributed by atoms with Crippen LogP contribution < -0.4 is 30.3 Å². The normalized spacial score (nSPS) is 14.5. The van der Waals surface area contributed by atoms with E-state index in [0.717, 1.165) is 22.1 Å². The Bertz CT molecular complexity index is 808. The maximum absolute atomic E-state index is 5.44. The Morgan fingerprint density at radius 2 is 0.935 bits per heavy atom. The van der Waals surface area contributed by atoms with E-state index in [1.807, 2.05) is 48.5 Å². The van der Waals surface area contributed by atoms with E-state index in [1.165, 1.54) is 0 Å². The molecule has 176 valence electrons. The SMILES string of the molecule is COc1ccc(P(=S)([S-])NC(C)C)cc1.COc1ccc(P(=S)([S-])NC(C)C)cc1.[Ni+2]. The van der Waals surface area contributed by atoms with Gasteiger partial charge in [0.15, 0.2) is 0 Å². The molecule has 0 heterocycles. The molecular formula is C20H30N2NiO2P2S4. The van der Waals surface area contributed by atoms with Gasteiger partial charge in [-0.05, 0) is 62.6 Å². The fourth-order valence-corrected chi connectivity index (χ4v) is 9.12. The first-order valence-electron chi connectivity index (χ1n) is 9.38. The summed E-state index contributed by atoms with van der Waals surface area (Å²) in [5, 5.41) is 4.54. The van der Waals surface area contributed by atoms with Crippen LogP contribution in [-0.4, -0.2) is 26.3 Å². The first-order valence-corrected chi connectivity index (χ1v) is 17.0. The van der Waals surface area contributed by atoms with E-state index in [-0.39, 0.29) is 16.5 Å². The Labute approximate surface area is 218 Å². The molecule has 0 radical (unpaired) electrons. The van der Waals surface area contributed by atoms with Gasteiger partial charge in [0.05, 0.1) is 14.2 Å². The smallest absolute Gasteiger partial charge is 0.727 e. The summed E-state index contributed by atoms with van der Waals surface area (Å²) in [5.74, 6) is 1.65. The van der Waals surface area contributed by atoms with Crippen molar-refractivity contribution in [3.8, 4) is 11.5 Å². The van der Waals surface area contributed by atoms with Crippen LogP contribution in [0.5, 0.6) is 11.5 Å². The largest absolute Gasteiger partial charge is 2.00 e. The van der Waals surface area contributed by atoms with Gasteiger partial charge < -0.3 is 44.1 Å². The molecule has 0 saturated carbocycles. The minimum Gasteiger partial charge on any atom is -0.727 e. The van der Waals surface area contributed by atoms with Gasteiger partial charge in [-0.1, -0.05) is 35.0 Å². The number of ether oxygens (including phenoxy) is 2. The molecule has 0 saturated heterocycles. The number of benzene rings is 2. The van der Waals surface area contributed by atoms with Crippen molar-refractivity contribution in [1.82, 2.24) is 10.2 Å². The van der Waals surface area contributed by atoms with E-state index >= 15 is 0 Å². The van der Waals surface area contributed by atoms with E-state index < -0.39 is 10.8 Å². The molecule has 31 heavy (non-hydrogen) atoms. The Balaban J connectivity index is 0.000000562. The van der Waals surface area contributed by atoms with Crippen LogP contribution in [0.3, 0.4) is 0 Å². The number of rotatable bonds is 8. The Morgan fingerprint density at radius 1 is 0.677 bits per heavy atom. The fraction of sp³-hybridized carbons (Fsp3) is 0.400. The van der Waals surface area contributed by atoms with Gasteiger partial charge in [-0.15, -0.1) is 23.6 Å². The van der Waals surface area contributed by atoms with Crippen molar-refractivity contribution in [2.75, 3.05) is 14.2 Å². The van der Waals surface area contributed by atoms with Crippen molar-refractivity contribution in [3.63, 3.8) is 0 Å². The van der Waals surface area contributed by atoms with E-state index in [2.05, 4.69) is 37.9 Å². The molecule has 2 atom stereocenters. The Kier molecular flexibility index (Phi) is 14.9. The van der Waals surface area contributed by atoms with Gasteiger partial charge in [0.25, 0.3) is 0 Å². The van der Waals surface area contributed by atoms with Gasteiger partial charge in [0, 0.05) is 12.1 Å². The third-order valence-corrected chi connectivity index (χ3v) is 11.1. The molecule has 11 heteroatoms. The zero-order valence-corrected chi connectivity index (χ0v) is 24.5. The number of hydrogen-bond donors (Lipinski definition) is 2. The van der Waals surface area contributed by atoms with Crippen LogP contribution in [0.4, 0.5) is 0 Å². The molecule has 0 aromatic heterocycles. The van der Waals surface area contributed by atoms with Crippen molar-refractivity contribution in [3.05, 3.63) is 48.5 Å². The van der Waals surface area contributed by atoms with Gasteiger partial charge in [0.1, 0.15) is 11.5 Å². The number of hydrogen-bond acceptors (Lipinski definition) is 6. The molecule has 0 aliphatic rings. The third-order valence-electron chi connectivity index (χ3n) is 3.68. The van der Waals surface area contributed by atoms with Crippen LogP contribution in [0.1, 0.15) is 27.7 Å². The molecule has 2 rings (SSSR count). The average molecular weight is 579 g/mol. The minimum atomic E-state index is -2.02. The topological polar surface area (TPSA) is 42.5 Å². The molecular weight excluding hydrogens is 549 g/mol. The van der Waals surface area contributed by atoms with Crippen LogP contribution in [-0.2, 0) is 64.6 Å². The minimum absolute atomic E-state index is 0. The zero-order valence-electron chi connectivity index (χ0n) is 18.4. The van der Waals surface area contributed by atoms with Crippen LogP contribution >= 0.6 is 10.8 Å². The molecule has 2 unspecified atom stereocenters. The predicted molar refractivity (Wildman–Crippen MR) is 145 cm³/mol. The van der Waals surface area contributed by atoms with Crippen molar-refractivity contribution < 1.29 is 26.0 Å². The van der Waals surface area contributed by atoms with Gasteiger partial charge in [-0.3, -0.25) is 0 Å². The van der Waals surface area contributed by atoms with Crippen molar-refractivity contribution >= 4 is 69.5 Å². The van der Waals surface area contributed by atoms with Crippen LogP contribution in [0.2, 0.25) is 0 Å². The third kappa shape index (κ3) is 11.4. The van der Waals surface area contributed by atoms with E-state index in [0.29, 0.717) is 12.1 Å². The summed E-state index contributed by atoms with van der Waals surface area (Å²) >= 11 is 21.8. The molecule has 2 N–H and O–H groups in total. The second-order valence-electron chi connectivity index (χ2n) is 7.07. The van der Waals surface area contributed by atoms with Crippen molar-refractivity contribution in [1.29, 1.82) is 0 Å². The predicted octanol–water partition coefficient (Wildman–Crippen LogP) is 4.35. The summed E-state index contributed by atoms with van der Waals surface area (Å²) in [6.45, 7) is 8.21. The van der Waals surface area contributed by atoms with Gasteiger partial charge >= 0.3 is 16.5 Å². The fourth-order valence-electron chi connectivity index (χ4n) is 2.39. The van der Waals surface area contributed by atoms with Crippen LogP contribution in [0.15, 0.2) is 48.5 Å². The summed E-state index contributed by atoms with van der Waals surface area (Å²) in [6, 6.07) is 16.0. The van der Waals surface area contributed by atoms with Gasteiger partial charge in [-0.25, -0.2) is 0 Å². The Hall–Kier alpha value is 0.454. The molecule has 0 spiro atoms. The molecule has 0 amide bonds. The monoisotopic (exact) mass is 578 g/mol. The van der Waals surface area contributed by atoms with Crippen molar-refractivity contribution in [2.24, 2.45) is 0 Å². The maximum Gasteiger partial charge on any atom is 2.00 e. The zero-order chi connectivity index (χ0) is 22.9. The second-order valence-corrected chi connectivity index (χ2v) is 18.8. The van der Waals surface area contributed by atoms with Gasteiger partial charge in [-0.2, -0.15) is 0 Å². The number of nitrogens with one attached hydrogen (secondary N) is 2. The quantitative estimate of drug-likeness (QED) is 0.272. The number of methoxy groups -OCH3 is 2. The first-order chi connectivity index (χ1) is 13.9. The molecule has 4 nitrogen and oxygen atoms in total. The van der Waals surface area contributed by atoms with Crippen molar-refractivity contribution in [2.45, 2.75) is 39.8 Å². The summed E-state index contributed by atoms with van der Waals surface area (Å²) in [4.78, 5) is 0. The summed E-state index contributed by atoms with van der Waals surface area (Å²) in [7, 11) is 3.29. The van der Waals surface area contributed by atoms with E-state index in [4.69, 9.17) is 57.6 Å². The maximum atomic E-state index is 5.44. The molecule has 0 aliphatic heterocycles. The molecule has 0 aliphatic carbocycles. The summed E-state index contributed by atoms with van der Waals surface area (Å²) < 4.78 is 10.2. The van der Waals surface area contributed by atoms with E-state index in [9.17, 15) is 0 Å². The standard InChI is InChI=1S/2C10H16NOPS2.Ni/c2*1-8(2)11-13(14,15)10-6-4-9(12-3)5-7-10;/h2*4-8H,1-3H3,(H2,11,14,15);/q;;+2/p-2. The van der Waals surface area contributed by atoms with Crippen LogP contribution in [0, 0.1) is 0 Å². The molecule has 0 bridgehead atoms. The van der Waals surface area contributed by atoms with Crippen LogP contribution in [0.25, 0.3) is 0 Å². The molecule has 2 aromatic rings. The van der Waals surface area contributed by atoms with E-state index in [1.54, 1.807) is 14.2 Å². The first kappa shape index (κ1) is 31.5. The Morgan fingerprint density at radius 3 is 1.13 bits per heavy atom. The summed E-state index contributed by atoms with van der Waals surface area (Å²) in [5.41, 5.74) is 0. The second kappa shape index (κ2) is 14.7. The van der Waals surface area contributed by atoms with Gasteiger partial charge in [0.2, 0.25) is 0 Å². The molecule has 2 aromatic carbocycles. The average Bonchev–Trinajstić information content (AvgIpc) is 2.66. The summed E-state index contributed by atoms with van der Waals surface area (Å²) in [6.07, 6.45) is 0. The molecule has 0 fully saturated rings.